The van der Waals surface area contributed by atoms with Crippen LogP contribution in [0.4, 0.5) is 5.69 Å². The average molecular weight is 428 g/mol. The van der Waals surface area contributed by atoms with Crippen LogP contribution in [0.15, 0.2) is 28.8 Å². The molecule has 0 atom stereocenters. The Morgan fingerprint density at radius 1 is 1.06 bits per heavy atom. The molecule has 1 aliphatic heterocycles. The molecule has 2 aliphatic rings. The van der Waals surface area contributed by atoms with Gasteiger partial charge in [0.15, 0.2) is 0 Å². The summed E-state index contributed by atoms with van der Waals surface area (Å²) < 4.78 is 15.8. The highest BCUT2D eigenvalue weighted by atomic mass is 16.5. The molecule has 2 fully saturated rings. The number of carbonyl (C=O) groups excluding carboxylic acids is 2. The second kappa shape index (κ2) is 9.41. The number of likely N-dealkylation sites (tertiary alicyclic amines) is 1. The first-order valence-electron chi connectivity index (χ1n) is 10.9. The van der Waals surface area contributed by atoms with Gasteiger partial charge >= 0.3 is 0 Å². The molecule has 0 unspecified atom stereocenters. The summed E-state index contributed by atoms with van der Waals surface area (Å²) in [6, 6.07) is 6.86. The summed E-state index contributed by atoms with van der Waals surface area (Å²) in [6.07, 6.45) is 6.04. The van der Waals surface area contributed by atoms with E-state index < -0.39 is 5.91 Å². The number of nitrogens with zero attached hydrogens (tertiary/aromatic N) is 2. The second-order valence-corrected chi connectivity index (χ2v) is 8.22. The topological polar surface area (TPSA) is 93.9 Å². The Morgan fingerprint density at radius 2 is 1.81 bits per heavy atom. The average Bonchev–Trinajstić information content (AvgIpc) is 3.51. The minimum Gasteiger partial charge on any atom is -0.497 e. The van der Waals surface area contributed by atoms with E-state index in [4.69, 9.17) is 14.0 Å². The molecule has 0 radical (unpaired) electrons. The van der Waals surface area contributed by atoms with Crippen LogP contribution in [0, 0.1) is 5.92 Å². The van der Waals surface area contributed by atoms with Crippen LogP contribution < -0.4 is 14.8 Å². The highest BCUT2D eigenvalue weighted by molar-refractivity contribution is 6.03. The van der Waals surface area contributed by atoms with Gasteiger partial charge in [-0.2, -0.15) is 0 Å². The third kappa shape index (κ3) is 4.68. The molecule has 1 aromatic heterocycles. The lowest BCUT2D eigenvalue weighted by Gasteiger charge is -2.32. The van der Waals surface area contributed by atoms with Crippen molar-refractivity contribution in [1.29, 1.82) is 0 Å². The first-order chi connectivity index (χ1) is 15.1. The number of nitrogens with one attached hydrogen (secondary N) is 1. The molecular formula is C23H29N3O5. The molecule has 1 saturated heterocycles. The molecule has 1 saturated carbocycles. The molecule has 2 aromatic rings. The number of carbonyl (C=O) groups is 2. The smallest absolute Gasteiger partial charge is 0.294 e. The second-order valence-electron chi connectivity index (χ2n) is 8.22. The summed E-state index contributed by atoms with van der Waals surface area (Å²) in [7, 11) is 3.09. The number of rotatable bonds is 6. The third-order valence-electron chi connectivity index (χ3n) is 6.34. The maximum atomic E-state index is 12.7. The van der Waals surface area contributed by atoms with Crippen molar-refractivity contribution in [3.05, 3.63) is 35.7 Å². The van der Waals surface area contributed by atoms with Gasteiger partial charge in [0.05, 0.1) is 25.6 Å². The van der Waals surface area contributed by atoms with Gasteiger partial charge in [-0.1, -0.05) is 18.0 Å². The lowest BCUT2D eigenvalue weighted by atomic mass is 9.92. The van der Waals surface area contributed by atoms with Gasteiger partial charge in [-0.3, -0.25) is 9.59 Å². The van der Waals surface area contributed by atoms with Crippen molar-refractivity contribution in [2.24, 2.45) is 5.92 Å². The molecule has 1 N–H and O–H groups in total. The molecule has 1 aromatic carbocycles. The summed E-state index contributed by atoms with van der Waals surface area (Å²) in [5.74, 6) is 1.57. The van der Waals surface area contributed by atoms with E-state index in [0.717, 1.165) is 57.3 Å². The van der Waals surface area contributed by atoms with E-state index in [1.54, 1.807) is 31.4 Å². The van der Waals surface area contributed by atoms with E-state index >= 15 is 0 Å². The largest absolute Gasteiger partial charge is 0.497 e. The number of anilines is 1. The highest BCUT2D eigenvalue weighted by Gasteiger charge is 2.31. The van der Waals surface area contributed by atoms with Crippen LogP contribution in [-0.4, -0.2) is 49.2 Å². The van der Waals surface area contributed by atoms with Gasteiger partial charge in [0.1, 0.15) is 11.5 Å². The number of aromatic nitrogens is 1. The summed E-state index contributed by atoms with van der Waals surface area (Å²) in [5, 5.41) is 6.92. The zero-order valence-electron chi connectivity index (χ0n) is 18.1. The minimum atomic E-state index is -0.404. The molecule has 31 heavy (non-hydrogen) atoms. The first-order valence-corrected chi connectivity index (χ1v) is 10.9. The Balaban J connectivity index is 1.36. The van der Waals surface area contributed by atoms with E-state index in [1.807, 2.05) is 4.90 Å². The van der Waals surface area contributed by atoms with Crippen molar-refractivity contribution >= 4 is 17.5 Å². The van der Waals surface area contributed by atoms with Gasteiger partial charge in [-0.25, -0.2) is 0 Å². The molecule has 8 heteroatoms. The Hall–Kier alpha value is -3.03. The molecule has 2 amide bonds. The van der Waals surface area contributed by atoms with Gasteiger partial charge in [0.2, 0.25) is 11.7 Å². The molecule has 2 heterocycles. The highest BCUT2D eigenvalue weighted by Crippen LogP contribution is 2.32. The van der Waals surface area contributed by atoms with Crippen molar-refractivity contribution in [2.45, 2.75) is 44.4 Å². The van der Waals surface area contributed by atoms with Gasteiger partial charge < -0.3 is 24.2 Å². The monoisotopic (exact) mass is 427 g/mol. The van der Waals surface area contributed by atoms with Crippen molar-refractivity contribution < 1.29 is 23.6 Å². The predicted molar refractivity (Wildman–Crippen MR) is 115 cm³/mol. The summed E-state index contributed by atoms with van der Waals surface area (Å²) in [6.45, 7) is 1.46. The Morgan fingerprint density at radius 3 is 2.48 bits per heavy atom. The van der Waals surface area contributed by atoms with Crippen molar-refractivity contribution in [3.8, 4) is 11.5 Å². The fraction of sp³-hybridized carbons (Fsp3) is 0.522. The number of ether oxygens (including phenoxy) is 2. The van der Waals surface area contributed by atoms with Gasteiger partial charge in [-0.15, -0.1) is 0 Å². The zero-order chi connectivity index (χ0) is 21.8. The van der Waals surface area contributed by atoms with Crippen LogP contribution in [0.2, 0.25) is 0 Å². The fourth-order valence-electron chi connectivity index (χ4n) is 4.51. The maximum Gasteiger partial charge on any atom is 0.294 e. The van der Waals surface area contributed by atoms with Crippen molar-refractivity contribution in [3.63, 3.8) is 0 Å². The van der Waals surface area contributed by atoms with Crippen LogP contribution in [0.3, 0.4) is 0 Å². The summed E-state index contributed by atoms with van der Waals surface area (Å²) in [4.78, 5) is 27.3. The zero-order valence-corrected chi connectivity index (χ0v) is 18.1. The Kier molecular flexibility index (Phi) is 6.44. The number of hydrogen-bond acceptors (Lipinski definition) is 6. The van der Waals surface area contributed by atoms with Gasteiger partial charge in [0.25, 0.3) is 5.91 Å². The van der Waals surface area contributed by atoms with E-state index in [2.05, 4.69) is 10.5 Å². The number of hydrogen-bond donors (Lipinski definition) is 1. The molecular weight excluding hydrogens is 398 g/mol. The normalized spacial score (nSPS) is 17.5. The van der Waals surface area contributed by atoms with Crippen LogP contribution in [-0.2, 0) is 4.79 Å². The van der Waals surface area contributed by atoms with Crippen molar-refractivity contribution in [2.75, 3.05) is 32.6 Å². The molecule has 0 bridgehead atoms. The number of piperidine rings is 1. The van der Waals surface area contributed by atoms with E-state index in [1.165, 1.54) is 7.11 Å². The number of methoxy groups -OCH3 is 2. The van der Waals surface area contributed by atoms with E-state index in [9.17, 15) is 9.59 Å². The fourth-order valence-corrected chi connectivity index (χ4v) is 4.51. The Labute approximate surface area is 181 Å². The van der Waals surface area contributed by atoms with Gasteiger partial charge in [-0.05, 0) is 37.8 Å². The molecule has 1 aliphatic carbocycles. The standard InChI is InChI=1S/C23H29N3O5/c1-29-17-7-8-20(30-2)19(13-17)24-22(27)21-14-18(25-31-21)15-9-11-26(12-10-15)23(28)16-5-3-4-6-16/h7-8,13-16H,3-6,9-12H2,1-2H3,(H,24,27). The van der Waals surface area contributed by atoms with Crippen LogP contribution in [0.5, 0.6) is 11.5 Å². The number of amides is 2. The van der Waals surface area contributed by atoms with E-state index in [-0.39, 0.29) is 17.6 Å². The van der Waals surface area contributed by atoms with Gasteiger partial charge in [0, 0.05) is 37.1 Å². The minimum absolute atomic E-state index is 0.143. The quantitative estimate of drug-likeness (QED) is 0.753. The maximum absolute atomic E-state index is 12.7. The molecule has 166 valence electrons. The third-order valence-corrected chi connectivity index (χ3v) is 6.34. The van der Waals surface area contributed by atoms with Crippen LogP contribution >= 0.6 is 0 Å². The van der Waals surface area contributed by atoms with Crippen LogP contribution in [0.25, 0.3) is 0 Å². The first kappa shape index (κ1) is 21.2. The Bertz CT molecular complexity index is 927. The summed E-state index contributed by atoms with van der Waals surface area (Å²) >= 11 is 0. The SMILES string of the molecule is COc1ccc(OC)c(NC(=O)c2cc(C3CCN(C(=O)C4CCCC4)CC3)no2)c1. The van der Waals surface area contributed by atoms with E-state index in [0.29, 0.717) is 23.1 Å². The van der Waals surface area contributed by atoms with Crippen molar-refractivity contribution in [1.82, 2.24) is 10.1 Å². The lowest BCUT2D eigenvalue weighted by Crippen LogP contribution is -2.40. The number of benzene rings is 1. The molecule has 0 spiro atoms. The molecule has 4 rings (SSSR count). The predicted octanol–water partition coefficient (Wildman–Crippen LogP) is 3.84. The van der Waals surface area contributed by atoms with Crippen LogP contribution in [0.1, 0.15) is 60.7 Å². The summed E-state index contributed by atoms with van der Waals surface area (Å²) in [5.41, 5.74) is 1.25. The lowest BCUT2D eigenvalue weighted by molar-refractivity contribution is -0.136. The molecule has 8 nitrogen and oxygen atoms in total.